The average Bonchev–Trinajstić information content (AvgIpc) is 3.09. The summed E-state index contributed by atoms with van der Waals surface area (Å²) in [5.41, 5.74) is 4.38. The second-order valence-corrected chi connectivity index (χ2v) is 6.91. The Balaban J connectivity index is 1.92. The summed E-state index contributed by atoms with van der Waals surface area (Å²) in [6, 6.07) is 5.60. The summed E-state index contributed by atoms with van der Waals surface area (Å²) in [5, 5.41) is 3.50. The molecule has 120 valence electrons. The van der Waals surface area contributed by atoms with Crippen LogP contribution in [0.4, 0.5) is 5.00 Å². The lowest BCUT2D eigenvalue weighted by Crippen LogP contribution is -2.14. The highest BCUT2D eigenvalue weighted by Gasteiger charge is 2.28. The summed E-state index contributed by atoms with van der Waals surface area (Å²) < 4.78 is 4.90. The number of hydrogen-bond acceptors (Lipinski definition) is 4. The topological polar surface area (TPSA) is 55.4 Å². The molecule has 0 saturated carbocycles. The van der Waals surface area contributed by atoms with Gasteiger partial charge in [-0.25, -0.2) is 4.79 Å². The number of carbonyl (C=O) groups excluding carboxylic acids is 2. The van der Waals surface area contributed by atoms with E-state index in [0.29, 0.717) is 16.1 Å². The monoisotopic (exact) mass is 329 g/mol. The number of esters is 1. The van der Waals surface area contributed by atoms with E-state index in [1.165, 1.54) is 23.3 Å². The predicted octanol–water partition coefficient (Wildman–Crippen LogP) is 3.89. The lowest BCUT2D eigenvalue weighted by atomic mass is 10.1. The molecule has 0 fully saturated rings. The normalized spacial score (nSPS) is 12.8. The lowest BCUT2D eigenvalue weighted by molar-refractivity contribution is 0.0601. The highest BCUT2D eigenvalue weighted by atomic mass is 32.1. The summed E-state index contributed by atoms with van der Waals surface area (Å²) in [7, 11) is 1.37. The van der Waals surface area contributed by atoms with Crippen LogP contribution in [0.15, 0.2) is 18.2 Å². The molecule has 4 nitrogen and oxygen atoms in total. The van der Waals surface area contributed by atoms with Gasteiger partial charge in [0.25, 0.3) is 5.91 Å². The van der Waals surface area contributed by atoms with Crippen molar-refractivity contribution >= 4 is 28.2 Å². The molecule has 0 aliphatic heterocycles. The van der Waals surface area contributed by atoms with Crippen molar-refractivity contribution in [3.63, 3.8) is 0 Å². The van der Waals surface area contributed by atoms with E-state index in [4.69, 9.17) is 4.74 Å². The minimum atomic E-state index is -0.375. The summed E-state index contributed by atoms with van der Waals surface area (Å²) >= 11 is 1.49. The van der Waals surface area contributed by atoms with Gasteiger partial charge in [-0.1, -0.05) is 6.07 Å². The van der Waals surface area contributed by atoms with Crippen LogP contribution in [-0.2, 0) is 17.6 Å². The molecule has 1 amide bonds. The molecule has 1 N–H and O–H groups in total. The van der Waals surface area contributed by atoms with E-state index in [0.717, 1.165) is 36.0 Å². The number of amides is 1. The highest BCUT2D eigenvalue weighted by molar-refractivity contribution is 7.17. The largest absolute Gasteiger partial charge is 0.465 e. The molecule has 1 heterocycles. The van der Waals surface area contributed by atoms with Crippen molar-refractivity contribution in [2.45, 2.75) is 33.1 Å². The van der Waals surface area contributed by atoms with Crippen LogP contribution >= 0.6 is 11.3 Å². The van der Waals surface area contributed by atoms with Gasteiger partial charge in [0.15, 0.2) is 0 Å². The number of ether oxygens (including phenoxy) is 1. The van der Waals surface area contributed by atoms with E-state index < -0.39 is 0 Å². The van der Waals surface area contributed by atoms with Gasteiger partial charge in [0.2, 0.25) is 0 Å². The Hall–Kier alpha value is -2.14. The fourth-order valence-electron chi connectivity index (χ4n) is 2.87. The first kappa shape index (κ1) is 15.7. The second kappa shape index (κ2) is 6.16. The van der Waals surface area contributed by atoms with Gasteiger partial charge < -0.3 is 10.1 Å². The Kier molecular flexibility index (Phi) is 4.22. The number of carbonyl (C=O) groups is 2. The van der Waals surface area contributed by atoms with Crippen LogP contribution in [0.2, 0.25) is 0 Å². The van der Waals surface area contributed by atoms with Crippen LogP contribution in [0.1, 0.15) is 48.7 Å². The first-order valence-corrected chi connectivity index (χ1v) is 8.44. The molecular weight excluding hydrogens is 310 g/mol. The van der Waals surface area contributed by atoms with E-state index in [2.05, 4.69) is 5.32 Å². The third-order valence-electron chi connectivity index (χ3n) is 4.31. The van der Waals surface area contributed by atoms with Gasteiger partial charge in [-0.15, -0.1) is 11.3 Å². The molecule has 0 unspecified atom stereocenters. The number of hydrogen-bond donors (Lipinski definition) is 1. The quantitative estimate of drug-likeness (QED) is 0.869. The van der Waals surface area contributed by atoms with E-state index >= 15 is 0 Å². The summed E-state index contributed by atoms with van der Waals surface area (Å²) in [6.45, 7) is 3.99. The Labute approximate surface area is 139 Å². The van der Waals surface area contributed by atoms with Gasteiger partial charge in [0, 0.05) is 10.4 Å². The molecule has 0 radical (unpaired) electrons. The maximum absolute atomic E-state index is 12.5. The average molecular weight is 329 g/mol. The Morgan fingerprint density at radius 2 is 1.96 bits per heavy atom. The number of rotatable bonds is 3. The number of fused-ring (bicyclic) bond motifs is 1. The first-order valence-electron chi connectivity index (χ1n) is 7.62. The van der Waals surface area contributed by atoms with Gasteiger partial charge in [0.05, 0.1) is 12.7 Å². The molecule has 0 saturated heterocycles. The smallest absolute Gasteiger partial charge is 0.341 e. The van der Waals surface area contributed by atoms with E-state index in [1.54, 1.807) is 6.07 Å². The van der Waals surface area contributed by atoms with Gasteiger partial charge in [0.1, 0.15) is 5.00 Å². The minimum absolute atomic E-state index is 0.196. The maximum Gasteiger partial charge on any atom is 0.341 e. The van der Waals surface area contributed by atoms with Crippen molar-refractivity contribution in [3.05, 3.63) is 50.9 Å². The van der Waals surface area contributed by atoms with Crippen LogP contribution in [0, 0.1) is 13.8 Å². The van der Waals surface area contributed by atoms with Crippen molar-refractivity contribution in [1.29, 1.82) is 0 Å². The molecule has 3 rings (SSSR count). The molecule has 0 atom stereocenters. The number of nitrogens with one attached hydrogen (secondary N) is 1. The number of anilines is 1. The van der Waals surface area contributed by atoms with Crippen molar-refractivity contribution < 1.29 is 14.3 Å². The number of aryl methyl sites for hydroxylation is 3. The number of methoxy groups -OCH3 is 1. The third kappa shape index (κ3) is 2.88. The molecule has 0 spiro atoms. The van der Waals surface area contributed by atoms with Crippen molar-refractivity contribution in [3.8, 4) is 0 Å². The maximum atomic E-state index is 12.5. The van der Waals surface area contributed by atoms with E-state index in [-0.39, 0.29) is 11.9 Å². The van der Waals surface area contributed by atoms with Crippen LogP contribution < -0.4 is 5.32 Å². The summed E-state index contributed by atoms with van der Waals surface area (Å²) in [4.78, 5) is 25.8. The van der Waals surface area contributed by atoms with Crippen molar-refractivity contribution in [1.82, 2.24) is 0 Å². The van der Waals surface area contributed by atoms with Crippen molar-refractivity contribution in [2.24, 2.45) is 0 Å². The molecule has 5 heteroatoms. The zero-order valence-corrected chi connectivity index (χ0v) is 14.3. The Bertz CT molecular complexity index is 792. The molecule has 1 aromatic carbocycles. The van der Waals surface area contributed by atoms with Crippen LogP contribution in [-0.4, -0.2) is 19.0 Å². The van der Waals surface area contributed by atoms with E-state index in [1.807, 2.05) is 26.0 Å². The lowest BCUT2D eigenvalue weighted by Gasteiger charge is -2.08. The molecular formula is C18H19NO3S. The Morgan fingerprint density at radius 3 is 2.65 bits per heavy atom. The fourth-order valence-corrected chi connectivity index (χ4v) is 4.14. The Morgan fingerprint density at radius 1 is 1.17 bits per heavy atom. The van der Waals surface area contributed by atoms with Crippen LogP contribution in [0.3, 0.4) is 0 Å². The van der Waals surface area contributed by atoms with Gasteiger partial charge in [-0.3, -0.25) is 4.79 Å². The SMILES string of the molecule is COC(=O)c1c(NC(=O)c2ccc(C)c(C)c2)sc2c1CCC2. The fraction of sp³-hybridized carbons (Fsp3) is 0.333. The molecule has 1 aliphatic carbocycles. The highest BCUT2D eigenvalue weighted by Crippen LogP contribution is 2.39. The van der Waals surface area contributed by atoms with Crippen LogP contribution in [0.25, 0.3) is 0 Å². The molecule has 23 heavy (non-hydrogen) atoms. The molecule has 1 aliphatic rings. The first-order chi connectivity index (χ1) is 11.0. The van der Waals surface area contributed by atoms with Gasteiger partial charge >= 0.3 is 5.97 Å². The predicted molar refractivity (Wildman–Crippen MR) is 91.6 cm³/mol. The molecule has 1 aromatic heterocycles. The van der Waals surface area contributed by atoms with Crippen LogP contribution in [0.5, 0.6) is 0 Å². The second-order valence-electron chi connectivity index (χ2n) is 5.81. The third-order valence-corrected chi connectivity index (χ3v) is 5.51. The van der Waals surface area contributed by atoms with Gasteiger partial charge in [-0.2, -0.15) is 0 Å². The van der Waals surface area contributed by atoms with Crippen molar-refractivity contribution in [2.75, 3.05) is 12.4 Å². The summed E-state index contributed by atoms with van der Waals surface area (Å²) in [6.07, 6.45) is 2.88. The summed E-state index contributed by atoms with van der Waals surface area (Å²) in [5.74, 6) is -0.571. The zero-order chi connectivity index (χ0) is 16.6. The zero-order valence-electron chi connectivity index (χ0n) is 13.5. The molecule has 2 aromatic rings. The minimum Gasteiger partial charge on any atom is -0.465 e. The van der Waals surface area contributed by atoms with Gasteiger partial charge in [-0.05, 0) is 61.9 Å². The van der Waals surface area contributed by atoms with E-state index in [9.17, 15) is 9.59 Å². The number of benzene rings is 1. The molecule has 0 bridgehead atoms. The number of thiophene rings is 1. The standard InChI is InChI=1S/C18H19NO3S/c1-10-7-8-12(9-11(10)2)16(20)19-17-15(18(21)22-3)13-5-4-6-14(13)23-17/h7-9H,4-6H2,1-3H3,(H,19,20).